The zero-order chi connectivity index (χ0) is 40.8. The summed E-state index contributed by atoms with van der Waals surface area (Å²) in [7, 11) is 0. The molecule has 0 saturated carbocycles. The molecule has 3 nitrogen and oxygen atoms in total. The molecule has 13 rings (SSSR count). The standard InChI is InChI=1S/C58H37N3S/c1-3-17-36(18-4-1)41-27-14-28-45-53-46(29-16-34-51(53)62-54(41)45)57-60-55(37-19-5-2-6-20-37)59-56(61-57)39-22-13-21-38(35-39)40-26-15-33-50-52(40)44-25-9-12-32-49(44)58(50)47-30-10-7-23-42(47)43-24-8-11-31-48(43)58/h1-21,23-35,39H,22H2. The van der Waals surface area contributed by atoms with Gasteiger partial charge in [-0.05, 0) is 79.3 Å². The molecule has 1 atom stereocenters. The van der Waals surface area contributed by atoms with Crippen LogP contribution in [0, 0.1) is 0 Å². The van der Waals surface area contributed by atoms with Crippen molar-refractivity contribution in [3.8, 4) is 56.2 Å². The van der Waals surface area contributed by atoms with Gasteiger partial charge in [-0.2, -0.15) is 0 Å². The average molecular weight is 808 g/mol. The first kappa shape index (κ1) is 35.2. The third-order valence-electron chi connectivity index (χ3n) is 13.3. The molecular formula is C58H37N3S. The third kappa shape index (κ3) is 5.08. The molecule has 2 aromatic heterocycles. The number of nitrogens with zero attached hydrogens (tertiary/aromatic N) is 3. The van der Waals surface area contributed by atoms with Crippen molar-refractivity contribution in [1.82, 2.24) is 15.0 Å². The Labute approximate surface area is 364 Å². The fourth-order valence-electron chi connectivity index (χ4n) is 10.7. The Morgan fingerprint density at radius 2 is 1.02 bits per heavy atom. The minimum absolute atomic E-state index is 0.0586. The summed E-state index contributed by atoms with van der Waals surface area (Å²) in [6.07, 6.45) is 7.81. The maximum atomic E-state index is 5.42. The van der Waals surface area contributed by atoms with Gasteiger partial charge in [-0.3, -0.25) is 0 Å². The fourth-order valence-corrected chi connectivity index (χ4v) is 12.0. The largest absolute Gasteiger partial charge is 0.212 e. The van der Waals surface area contributed by atoms with Crippen LogP contribution < -0.4 is 0 Å². The normalized spacial score (nSPS) is 15.4. The molecule has 0 aliphatic heterocycles. The van der Waals surface area contributed by atoms with E-state index in [1.807, 2.05) is 17.4 Å². The van der Waals surface area contributed by atoms with Gasteiger partial charge in [-0.15, -0.1) is 11.3 Å². The van der Waals surface area contributed by atoms with Crippen molar-refractivity contribution in [2.75, 3.05) is 0 Å². The van der Waals surface area contributed by atoms with Crippen LogP contribution in [-0.4, -0.2) is 15.0 Å². The molecule has 1 unspecified atom stereocenters. The van der Waals surface area contributed by atoms with Gasteiger partial charge in [0.05, 0.1) is 5.41 Å². The number of hydrogen-bond acceptors (Lipinski definition) is 4. The van der Waals surface area contributed by atoms with Gasteiger partial charge in [0.2, 0.25) is 0 Å². The molecule has 1 spiro atoms. The summed E-state index contributed by atoms with van der Waals surface area (Å²) in [5, 5.41) is 2.40. The first-order chi connectivity index (χ1) is 30.8. The summed E-state index contributed by atoms with van der Waals surface area (Å²) in [5.41, 5.74) is 17.1. The number of fused-ring (bicyclic) bond motifs is 13. The first-order valence-corrected chi connectivity index (χ1v) is 22.2. The molecule has 4 heteroatoms. The van der Waals surface area contributed by atoms with Crippen LogP contribution in [0.15, 0.2) is 206 Å². The van der Waals surface area contributed by atoms with Gasteiger partial charge in [0.15, 0.2) is 11.6 Å². The van der Waals surface area contributed by atoms with Crippen molar-refractivity contribution in [1.29, 1.82) is 0 Å². The van der Waals surface area contributed by atoms with Gasteiger partial charge in [-0.25, -0.2) is 15.0 Å². The smallest absolute Gasteiger partial charge is 0.164 e. The van der Waals surface area contributed by atoms with Gasteiger partial charge in [-0.1, -0.05) is 200 Å². The Morgan fingerprint density at radius 3 is 1.77 bits per heavy atom. The predicted molar refractivity (Wildman–Crippen MR) is 256 cm³/mol. The summed E-state index contributed by atoms with van der Waals surface area (Å²) in [6, 6.07) is 68.2. The highest BCUT2D eigenvalue weighted by Gasteiger charge is 2.52. The Balaban J connectivity index is 0.985. The highest BCUT2D eigenvalue weighted by atomic mass is 32.1. The minimum Gasteiger partial charge on any atom is -0.212 e. The minimum atomic E-state index is -0.393. The zero-order valence-electron chi connectivity index (χ0n) is 33.7. The highest BCUT2D eigenvalue weighted by Crippen LogP contribution is 2.63. The van der Waals surface area contributed by atoms with Crippen molar-refractivity contribution in [3.63, 3.8) is 0 Å². The molecule has 10 aromatic rings. The summed E-state index contributed by atoms with van der Waals surface area (Å²) >= 11 is 1.84. The number of thiophene rings is 1. The Bertz CT molecular complexity index is 3460. The molecule has 0 N–H and O–H groups in total. The lowest BCUT2D eigenvalue weighted by atomic mass is 9.70. The predicted octanol–water partition coefficient (Wildman–Crippen LogP) is 14.7. The summed E-state index contributed by atoms with van der Waals surface area (Å²) < 4.78 is 2.49. The van der Waals surface area contributed by atoms with Crippen molar-refractivity contribution in [3.05, 3.63) is 240 Å². The van der Waals surface area contributed by atoms with Crippen LogP contribution in [0.4, 0.5) is 0 Å². The number of rotatable bonds is 5. The van der Waals surface area contributed by atoms with Crippen molar-refractivity contribution >= 4 is 37.1 Å². The molecule has 3 aliphatic rings. The molecule has 8 aromatic carbocycles. The van der Waals surface area contributed by atoms with E-state index in [0.717, 1.165) is 23.4 Å². The molecule has 0 saturated heterocycles. The second kappa shape index (κ2) is 13.8. The first-order valence-electron chi connectivity index (χ1n) is 21.4. The van der Waals surface area contributed by atoms with Crippen molar-refractivity contribution in [2.45, 2.75) is 17.8 Å². The van der Waals surface area contributed by atoms with Gasteiger partial charge in [0.1, 0.15) is 5.82 Å². The molecule has 290 valence electrons. The van der Waals surface area contributed by atoms with Gasteiger partial charge in [0.25, 0.3) is 0 Å². The summed E-state index contributed by atoms with van der Waals surface area (Å²) in [6.45, 7) is 0. The van der Waals surface area contributed by atoms with Crippen LogP contribution in [0.5, 0.6) is 0 Å². The SMILES string of the molecule is C1=CC(c2cccc3c2-c2ccccc2C32c3ccccc3-c3ccccc32)=CC(c2nc(-c3ccccc3)nc(-c3cccc4sc5c(-c6ccccc6)cccc5c34)n2)C1. The Hall–Kier alpha value is -7.53. The Kier molecular flexibility index (Phi) is 7.82. The molecule has 0 amide bonds. The molecule has 2 heterocycles. The van der Waals surface area contributed by atoms with Gasteiger partial charge in [0, 0.05) is 37.2 Å². The van der Waals surface area contributed by atoms with Crippen LogP contribution in [0.2, 0.25) is 0 Å². The van der Waals surface area contributed by atoms with Crippen molar-refractivity contribution < 1.29 is 0 Å². The maximum absolute atomic E-state index is 5.42. The zero-order valence-corrected chi connectivity index (χ0v) is 34.5. The Morgan fingerprint density at radius 1 is 0.452 bits per heavy atom. The van der Waals surface area contributed by atoms with Gasteiger partial charge < -0.3 is 0 Å². The van der Waals surface area contributed by atoms with Crippen LogP contribution >= 0.6 is 11.3 Å². The molecule has 0 fully saturated rings. The maximum Gasteiger partial charge on any atom is 0.164 e. The average Bonchev–Trinajstić information content (AvgIpc) is 3.99. The van der Waals surface area contributed by atoms with E-state index in [4.69, 9.17) is 15.0 Å². The van der Waals surface area contributed by atoms with Crippen LogP contribution in [0.25, 0.3) is 81.9 Å². The molecule has 62 heavy (non-hydrogen) atoms. The van der Waals surface area contributed by atoms with Crippen LogP contribution in [0.1, 0.15) is 46.0 Å². The summed E-state index contributed by atoms with van der Waals surface area (Å²) in [4.78, 5) is 16.0. The van der Waals surface area contributed by atoms with Gasteiger partial charge >= 0.3 is 0 Å². The number of aromatic nitrogens is 3. The van der Waals surface area contributed by atoms with E-state index >= 15 is 0 Å². The molecule has 0 radical (unpaired) electrons. The molecular weight excluding hydrogens is 771 g/mol. The van der Waals surface area contributed by atoms with Crippen molar-refractivity contribution in [2.24, 2.45) is 0 Å². The van der Waals surface area contributed by atoms with E-state index in [2.05, 4.69) is 200 Å². The van der Waals surface area contributed by atoms with E-state index in [1.54, 1.807) is 0 Å². The second-order valence-electron chi connectivity index (χ2n) is 16.5. The lowest BCUT2D eigenvalue weighted by Gasteiger charge is -2.30. The van der Waals surface area contributed by atoms with E-state index in [1.165, 1.54) is 86.9 Å². The number of hydrogen-bond donors (Lipinski definition) is 0. The monoisotopic (exact) mass is 807 g/mol. The van der Waals surface area contributed by atoms with Crippen LogP contribution in [0.3, 0.4) is 0 Å². The van der Waals surface area contributed by atoms with E-state index in [-0.39, 0.29) is 5.92 Å². The molecule has 3 aliphatic carbocycles. The van der Waals surface area contributed by atoms with E-state index in [0.29, 0.717) is 11.6 Å². The quantitative estimate of drug-likeness (QED) is 0.174. The lowest BCUT2D eigenvalue weighted by molar-refractivity contribution is 0.766. The number of benzene rings is 8. The summed E-state index contributed by atoms with van der Waals surface area (Å²) in [5.74, 6) is 2.10. The van der Waals surface area contributed by atoms with E-state index < -0.39 is 5.41 Å². The second-order valence-corrected chi connectivity index (χ2v) is 17.6. The lowest BCUT2D eigenvalue weighted by Crippen LogP contribution is -2.25. The van der Waals surface area contributed by atoms with Crippen LogP contribution in [-0.2, 0) is 5.41 Å². The number of allylic oxidation sites excluding steroid dienone is 4. The molecule has 0 bridgehead atoms. The van der Waals surface area contributed by atoms with E-state index in [9.17, 15) is 0 Å². The third-order valence-corrected chi connectivity index (χ3v) is 14.5. The fraction of sp³-hybridized carbons (Fsp3) is 0.0517. The highest BCUT2D eigenvalue weighted by molar-refractivity contribution is 7.26. The topological polar surface area (TPSA) is 38.7 Å².